The Morgan fingerprint density at radius 3 is 1.35 bits per heavy atom. The smallest absolute Gasteiger partial charge is 0.166 e. The summed E-state index contributed by atoms with van der Waals surface area (Å²) in [6.07, 6.45) is -10.2. The number of hydrogen-bond donors (Lipinski definition) is 0. The predicted octanol–water partition coefficient (Wildman–Crippen LogP) is 6.14. The predicted molar refractivity (Wildman–Crippen MR) is 67.2 cm³/mol. The molecule has 0 saturated heterocycles. The van der Waals surface area contributed by atoms with Crippen LogP contribution in [0.1, 0.15) is 48.0 Å². The highest BCUT2D eigenvalue weighted by molar-refractivity contribution is 5.18. The van der Waals surface area contributed by atoms with Gasteiger partial charge < -0.3 is 0 Å². The van der Waals surface area contributed by atoms with E-state index in [-0.39, 0.29) is 11.8 Å². The van der Waals surface area contributed by atoms with Gasteiger partial charge in [0, 0.05) is 0 Å². The van der Waals surface area contributed by atoms with Crippen molar-refractivity contribution < 1.29 is 26.3 Å². The first-order chi connectivity index (χ1) is 8.44. The van der Waals surface area contributed by atoms with E-state index < -0.39 is 29.3 Å². The fraction of sp³-hybridized carbons (Fsp3) is 0.857. The normalized spacial score (nSPS) is 16.0. The van der Waals surface area contributed by atoms with Crippen LogP contribution in [0, 0.1) is 16.7 Å². The van der Waals surface area contributed by atoms with E-state index in [4.69, 9.17) is 0 Å². The van der Waals surface area contributed by atoms with Gasteiger partial charge in [-0.05, 0) is 23.2 Å². The van der Waals surface area contributed by atoms with Gasteiger partial charge in [-0.25, -0.2) is 0 Å². The zero-order chi connectivity index (χ0) is 16.6. The van der Waals surface area contributed by atoms with Crippen LogP contribution in [0.15, 0.2) is 11.6 Å². The zero-order valence-corrected chi connectivity index (χ0v) is 12.6. The highest BCUT2D eigenvalue weighted by atomic mass is 19.4. The van der Waals surface area contributed by atoms with Crippen LogP contribution in [0.3, 0.4) is 0 Å². The molecule has 0 nitrogen and oxygen atoms in total. The second-order valence-corrected chi connectivity index (χ2v) is 7.31. The van der Waals surface area contributed by atoms with Gasteiger partial charge in [-0.15, -0.1) is 0 Å². The maximum atomic E-state index is 12.6. The lowest BCUT2D eigenvalue weighted by Crippen LogP contribution is -2.30. The summed E-state index contributed by atoms with van der Waals surface area (Å²) < 4.78 is 75.7. The number of halogens is 6. The van der Waals surface area contributed by atoms with Gasteiger partial charge in [0.05, 0.1) is 0 Å². The van der Waals surface area contributed by atoms with E-state index in [1.807, 2.05) is 0 Å². The van der Waals surface area contributed by atoms with Crippen LogP contribution in [0.25, 0.3) is 0 Å². The highest BCUT2D eigenvalue weighted by Gasteiger charge is 2.51. The Hall–Kier alpha value is -0.680. The quantitative estimate of drug-likeness (QED) is 0.425. The summed E-state index contributed by atoms with van der Waals surface area (Å²) in [6, 6.07) is 0. The van der Waals surface area contributed by atoms with Gasteiger partial charge in [0.15, 0.2) is 0 Å². The van der Waals surface area contributed by atoms with Crippen molar-refractivity contribution in [2.45, 2.75) is 60.3 Å². The molecular weight excluding hydrogens is 282 g/mol. The van der Waals surface area contributed by atoms with Gasteiger partial charge in [-0.1, -0.05) is 47.6 Å². The summed E-state index contributed by atoms with van der Waals surface area (Å²) in [6.45, 7) is 10.3. The van der Waals surface area contributed by atoms with E-state index in [0.29, 0.717) is 6.08 Å². The molecule has 0 aliphatic carbocycles. The monoisotopic (exact) mass is 304 g/mol. The molecule has 0 aromatic carbocycles. The first-order valence-corrected chi connectivity index (χ1v) is 6.31. The minimum Gasteiger partial charge on any atom is -0.166 e. The van der Waals surface area contributed by atoms with E-state index in [1.165, 1.54) is 0 Å². The van der Waals surface area contributed by atoms with Gasteiger partial charge >= 0.3 is 12.4 Å². The Kier molecular flexibility index (Phi) is 5.41. The third-order valence-corrected chi connectivity index (χ3v) is 2.92. The summed E-state index contributed by atoms with van der Waals surface area (Å²) in [5.74, 6) is -0.819. The van der Waals surface area contributed by atoms with Crippen molar-refractivity contribution in [3.05, 3.63) is 11.6 Å². The summed E-state index contributed by atoms with van der Waals surface area (Å²) >= 11 is 0. The average molecular weight is 304 g/mol. The molecule has 0 aromatic rings. The highest BCUT2D eigenvalue weighted by Crippen LogP contribution is 2.44. The SMILES string of the molecule is CC(C)(C)CC(C=C(C(F)(F)F)C(F)(F)F)C(C)(C)C. The summed E-state index contributed by atoms with van der Waals surface area (Å²) in [4.78, 5) is 0. The number of hydrogen-bond acceptors (Lipinski definition) is 0. The molecule has 0 heterocycles. The molecule has 0 N–H and O–H groups in total. The molecule has 20 heavy (non-hydrogen) atoms. The van der Waals surface area contributed by atoms with E-state index in [0.717, 1.165) is 0 Å². The van der Waals surface area contributed by atoms with Crippen molar-refractivity contribution in [3.63, 3.8) is 0 Å². The van der Waals surface area contributed by atoms with Gasteiger partial charge in [0.2, 0.25) is 0 Å². The third-order valence-electron chi connectivity index (χ3n) is 2.92. The van der Waals surface area contributed by atoms with Crippen molar-refractivity contribution in [1.29, 1.82) is 0 Å². The molecule has 120 valence electrons. The summed E-state index contributed by atoms with van der Waals surface area (Å²) in [7, 11) is 0. The Morgan fingerprint density at radius 2 is 1.15 bits per heavy atom. The zero-order valence-electron chi connectivity index (χ0n) is 12.6. The molecule has 0 saturated carbocycles. The van der Waals surface area contributed by atoms with E-state index in [2.05, 4.69) is 0 Å². The fourth-order valence-corrected chi connectivity index (χ4v) is 1.83. The van der Waals surface area contributed by atoms with Crippen molar-refractivity contribution in [2.75, 3.05) is 0 Å². The minimum atomic E-state index is -5.39. The molecule has 0 spiro atoms. The molecule has 0 aliphatic rings. The van der Waals surface area contributed by atoms with E-state index in [9.17, 15) is 26.3 Å². The second kappa shape index (κ2) is 5.60. The second-order valence-electron chi connectivity index (χ2n) is 7.31. The van der Waals surface area contributed by atoms with Crippen molar-refractivity contribution in [1.82, 2.24) is 0 Å². The Labute approximate surface area is 116 Å². The van der Waals surface area contributed by atoms with E-state index >= 15 is 0 Å². The molecule has 0 bridgehead atoms. The molecular formula is C14H22F6. The number of allylic oxidation sites excluding steroid dienone is 2. The topological polar surface area (TPSA) is 0 Å². The average Bonchev–Trinajstić information content (AvgIpc) is 2.03. The molecule has 0 radical (unpaired) electrons. The first-order valence-electron chi connectivity index (χ1n) is 6.31. The lowest BCUT2D eigenvalue weighted by molar-refractivity contribution is -0.172. The fourth-order valence-electron chi connectivity index (χ4n) is 1.83. The molecule has 6 heteroatoms. The molecule has 0 fully saturated rings. The van der Waals surface area contributed by atoms with Crippen molar-refractivity contribution in [3.8, 4) is 0 Å². The van der Waals surface area contributed by atoms with Gasteiger partial charge in [-0.2, -0.15) is 26.3 Å². The van der Waals surface area contributed by atoms with Gasteiger partial charge in [0.1, 0.15) is 5.57 Å². The Bertz CT molecular complexity index is 330. The van der Waals surface area contributed by atoms with Gasteiger partial charge in [-0.3, -0.25) is 0 Å². The van der Waals surface area contributed by atoms with Crippen molar-refractivity contribution in [2.24, 2.45) is 16.7 Å². The van der Waals surface area contributed by atoms with Crippen LogP contribution in [0.4, 0.5) is 26.3 Å². The molecule has 1 atom stereocenters. The standard InChI is InChI=1S/C14H22F6/c1-11(2,3)8-9(12(4,5)6)7-10(13(15,16)17)14(18,19)20/h7,9H,8H2,1-6H3. The van der Waals surface area contributed by atoms with Crippen LogP contribution in [-0.2, 0) is 0 Å². The number of rotatable bonds is 2. The summed E-state index contributed by atoms with van der Waals surface area (Å²) in [5, 5.41) is 0. The molecule has 0 aliphatic heterocycles. The van der Waals surface area contributed by atoms with Crippen LogP contribution in [0.5, 0.6) is 0 Å². The van der Waals surface area contributed by atoms with Crippen LogP contribution in [-0.4, -0.2) is 12.4 Å². The number of alkyl halides is 6. The van der Waals surface area contributed by atoms with Crippen LogP contribution >= 0.6 is 0 Å². The third kappa shape index (κ3) is 6.66. The first kappa shape index (κ1) is 19.3. The largest absolute Gasteiger partial charge is 0.421 e. The van der Waals surface area contributed by atoms with Crippen molar-refractivity contribution >= 4 is 0 Å². The maximum Gasteiger partial charge on any atom is 0.421 e. The van der Waals surface area contributed by atoms with Gasteiger partial charge in [0.25, 0.3) is 0 Å². The summed E-state index contributed by atoms with van der Waals surface area (Å²) in [5.41, 5.74) is -3.46. The lowest BCUT2D eigenvalue weighted by Gasteiger charge is -2.34. The van der Waals surface area contributed by atoms with Crippen LogP contribution < -0.4 is 0 Å². The van der Waals surface area contributed by atoms with E-state index in [1.54, 1.807) is 41.5 Å². The maximum absolute atomic E-state index is 12.6. The molecule has 1 unspecified atom stereocenters. The molecule has 0 aromatic heterocycles. The Morgan fingerprint density at radius 1 is 0.800 bits per heavy atom. The Balaban J connectivity index is 5.74. The lowest BCUT2D eigenvalue weighted by atomic mass is 9.71. The van der Waals surface area contributed by atoms with Crippen LogP contribution in [0.2, 0.25) is 0 Å². The molecule has 0 rings (SSSR count). The molecule has 0 amide bonds. The minimum absolute atomic E-state index is 0.242.